The number of para-hydroxylation sites is 1. The minimum atomic E-state index is -0.644. The van der Waals surface area contributed by atoms with Crippen LogP contribution in [-0.2, 0) is 4.79 Å². The van der Waals surface area contributed by atoms with Gasteiger partial charge in [-0.2, -0.15) is 0 Å². The topological polar surface area (TPSA) is 47.6 Å². The second-order valence-electron chi connectivity index (χ2n) is 4.40. The Morgan fingerprint density at radius 1 is 1.10 bits per heavy atom. The second-order valence-corrected chi connectivity index (χ2v) is 4.81. The first-order valence-corrected chi connectivity index (χ1v) is 6.84. The van der Waals surface area contributed by atoms with E-state index in [2.05, 4.69) is 5.32 Å². The monoisotopic (exact) mass is 305 g/mol. The van der Waals surface area contributed by atoms with Crippen molar-refractivity contribution in [3.8, 4) is 11.5 Å². The van der Waals surface area contributed by atoms with E-state index in [0.717, 1.165) is 5.75 Å². The van der Waals surface area contributed by atoms with Crippen LogP contribution in [-0.4, -0.2) is 19.1 Å². The molecule has 0 aromatic heterocycles. The molecular formula is C16H16ClNO3. The van der Waals surface area contributed by atoms with Gasteiger partial charge in [0.25, 0.3) is 5.91 Å². The number of nitrogens with one attached hydrogen (secondary N) is 1. The Balaban J connectivity index is 1.97. The van der Waals surface area contributed by atoms with Gasteiger partial charge in [0.05, 0.1) is 17.8 Å². The molecule has 0 aliphatic carbocycles. The van der Waals surface area contributed by atoms with Crippen LogP contribution in [0.15, 0.2) is 48.5 Å². The summed E-state index contributed by atoms with van der Waals surface area (Å²) in [6, 6.07) is 14.1. The smallest absolute Gasteiger partial charge is 0.265 e. The number of benzene rings is 2. The first kappa shape index (κ1) is 15.2. The van der Waals surface area contributed by atoms with Gasteiger partial charge in [-0.25, -0.2) is 0 Å². The maximum absolute atomic E-state index is 12.1. The first-order valence-electron chi connectivity index (χ1n) is 6.46. The van der Waals surface area contributed by atoms with E-state index in [0.29, 0.717) is 16.5 Å². The second kappa shape index (κ2) is 6.99. The van der Waals surface area contributed by atoms with E-state index in [9.17, 15) is 4.79 Å². The highest BCUT2D eigenvalue weighted by Crippen LogP contribution is 2.22. The summed E-state index contributed by atoms with van der Waals surface area (Å²) >= 11 is 6.00. The van der Waals surface area contributed by atoms with Gasteiger partial charge in [0.1, 0.15) is 11.5 Å². The zero-order chi connectivity index (χ0) is 15.2. The van der Waals surface area contributed by atoms with E-state index < -0.39 is 6.10 Å². The van der Waals surface area contributed by atoms with Crippen molar-refractivity contribution in [1.29, 1.82) is 0 Å². The number of ether oxygens (including phenoxy) is 2. The third-order valence-corrected chi connectivity index (χ3v) is 3.20. The molecule has 2 aromatic rings. The number of carbonyl (C=O) groups excluding carboxylic acids is 1. The minimum Gasteiger partial charge on any atom is -0.497 e. The lowest BCUT2D eigenvalue weighted by atomic mass is 10.3. The number of methoxy groups -OCH3 is 1. The highest BCUT2D eigenvalue weighted by molar-refractivity contribution is 6.33. The van der Waals surface area contributed by atoms with Gasteiger partial charge in [0, 0.05) is 0 Å². The van der Waals surface area contributed by atoms with Crippen LogP contribution in [0.2, 0.25) is 5.02 Å². The highest BCUT2D eigenvalue weighted by atomic mass is 35.5. The molecule has 1 N–H and O–H groups in total. The minimum absolute atomic E-state index is 0.265. The molecule has 0 fully saturated rings. The largest absolute Gasteiger partial charge is 0.497 e. The van der Waals surface area contributed by atoms with Gasteiger partial charge < -0.3 is 14.8 Å². The molecule has 0 saturated carbocycles. The van der Waals surface area contributed by atoms with Crippen molar-refractivity contribution in [2.75, 3.05) is 12.4 Å². The molecule has 0 unspecified atom stereocenters. The van der Waals surface area contributed by atoms with E-state index in [1.807, 2.05) is 0 Å². The molecule has 110 valence electrons. The Kier molecular flexibility index (Phi) is 5.06. The fourth-order valence-corrected chi connectivity index (χ4v) is 1.89. The number of rotatable bonds is 5. The predicted octanol–water partition coefficient (Wildman–Crippen LogP) is 3.75. The summed E-state index contributed by atoms with van der Waals surface area (Å²) in [4.78, 5) is 12.1. The van der Waals surface area contributed by atoms with E-state index >= 15 is 0 Å². The standard InChI is InChI=1S/C16H16ClNO3/c1-11(21-13-9-7-12(20-2)8-10-13)16(19)18-15-6-4-3-5-14(15)17/h3-11H,1-2H3,(H,18,19)/t11-/m1/s1. The third-order valence-electron chi connectivity index (χ3n) is 2.87. The number of hydrogen-bond acceptors (Lipinski definition) is 3. The molecule has 5 heteroatoms. The summed E-state index contributed by atoms with van der Waals surface area (Å²) in [5, 5.41) is 3.22. The van der Waals surface area contributed by atoms with Crippen molar-refractivity contribution in [2.24, 2.45) is 0 Å². The summed E-state index contributed by atoms with van der Waals surface area (Å²) in [6.07, 6.45) is -0.644. The average Bonchev–Trinajstić information content (AvgIpc) is 2.50. The summed E-state index contributed by atoms with van der Waals surface area (Å²) in [5.41, 5.74) is 0.564. The Morgan fingerprint density at radius 3 is 2.33 bits per heavy atom. The lowest BCUT2D eigenvalue weighted by Crippen LogP contribution is -2.30. The molecule has 0 aliphatic heterocycles. The first-order chi connectivity index (χ1) is 10.1. The summed E-state index contributed by atoms with van der Waals surface area (Å²) in [5.74, 6) is 1.06. The molecule has 1 amide bonds. The molecule has 2 aromatic carbocycles. The lowest BCUT2D eigenvalue weighted by Gasteiger charge is -2.15. The van der Waals surface area contributed by atoms with Crippen LogP contribution in [0.1, 0.15) is 6.92 Å². The summed E-state index contributed by atoms with van der Waals surface area (Å²) in [6.45, 7) is 1.68. The van der Waals surface area contributed by atoms with Crippen LogP contribution < -0.4 is 14.8 Å². The van der Waals surface area contributed by atoms with Gasteiger partial charge in [-0.15, -0.1) is 0 Å². The van der Waals surface area contributed by atoms with Crippen molar-refractivity contribution >= 4 is 23.2 Å². The lowest BCUT2D eigenvalue weighted by molar-refractivity contribution is -0.122. The molecule has 1 atom stereocenters. The van der Waals surface area contributed by atoms with Crippen molar-refractivity contribution in [3.63, 3.8) is 0 Å². The summed E-state index contributed by atoms with van der Waals surface area (Å²) < 4.78 is 10.6. The molecule has 21 heavy (non-hydrogen) atoms. The molecule has 0 aliphatic rings. The van der Waals surface area contributed by atoms with Crippen molar-refractivity contribution in [1.82, 2.24) is 0 Å². The third kappa shape index (κ3) is 4.13. The number of amides is 1. The van der Waals surface area contributed by atoms with Gasteiger partial charge in [-0.05, 0) is 43.3 Å². The molecule has 2 rings (SSSR count). The van der Waals surface area contributed by atoms with Gasteiger partial charge >= 0.3 is 0 Å². The van der Waals surface area contributed by atoms with E-state index in [4.69, 9.17) is 21.1 Å². The maximum Gasteiger partial charge on any atom is 0.265 e. The van der Waals surface area contributed by atoms with Crippen molar-refractivity contribution in [3.05, 3.63) is 53.6 Å². The fraction of sp³-hybridized carbons (Fsp3) is 0.188. The van der Waals surface area contributed by atoms with Crippen LogP contribution in [0.4, 0.5) is 5.69 Å². The molecule has 0 saturated heterocycles. The molecule has 0 heterocycles. The van der Waals surface area contributed by atoms with Gasteiger partial charge in [-0.3, -0.25) is 4.79 Å². The Morgan fingerprint density at radius 2 is 1.71 bits per heavy atom. The SMILES string of the molecule is COc1ccc(O[C@H](C)C(=O)Nc2ccccc2Cl)cc1. The molecular weight excluding hydrogens is 290 g/mol. The normalized spacial score (nSPS) is 11.6. The summed E-state index contributed by atoms with van der Waals surface area (Å²) in [7, 11) is 1.59. The zero-order valence-electron chi connectivity index (χ0n) is 11.8. The number of halogens is 1. The predicted molar refractivity (Wildman–Crippen MR) is 83.2 cm³/mol. The quantitative estimate of drug-likeness (QED) is 0.915. The molecule has 0 radical (unpaired) electrons. The Hall–Kier alpha value is -2.20. The molecule has 0 spiro atoms. The number of anilines is 1. The number of hydrogen-bond donors (Lipinski definition) is 1. The number of carbonyl (C=O) groups is 1. The Bertz CT molecular complexity index is 613. The Labute approximate surface area is 128 Å². The van der Waals surface area contributed by atoms with Gasteiger partial charge in [0.2, 0.25) is 0 Å². The van der Waals surface area contributed by atoms with Crippen LogP contribution >= 0.6 is 11.6 Å². The van der Waals surface area contributed by atoms with Crippen LogP contribution in [0, 0.1) is 0 Å². The molecule has 4 nitrogen and oxygen atoms in total. The zero-order valence-corrected chi connectivity index (χ0v) is 12.6. The van der Waals surface area contributed by atoms with Crippen molar-refractivity contribution < 1.29 is 14.3 Å². The van der Waals surface area contributed by atoms with E-state index in [1.165, 1.54) is 0 Å². The van der Waals surface area contributed by atoms with Gasteiger partial charge in [0.15, 0.2) is 6.10 Å². The fourth-order valence-electron chi connectivity index (χ4n) is 1.71. The highest BCUT2D eigenvalue weighted by Gasteiger charge is 2.15. The average molecular weight is 306 g/mol. The van der Waals surface area contributed by atoms with Crippen molar-refractivity contribution in [2.45, 2.75) is 13.0 Å². The van der Waals surface area contributed by atoms with Crippen LogP contribution in [0.25, 0.3) is 0 Å². The van der Waals surface area contributed by atoms with Crippen LogP contribution in [0.3, 0.4) is 0 Å². The molecule has 0 bridgehead atoms. The van der Waals surface area contributed by atoms with E-state index in [1.54, 1.807) is 62.6 Å². The maximum atomic E-state index is 12.1. The van der Waals surface area contributed by atoms with E-state index in [-0.39, 0.29) is 5.91 Å². The van der Waals surface area contributed by atoms with Gasteiger partial charge in [-0.1, -0.05) is 23.7 Å². The van der Waals surface area contributed by atoms with Crippen LogP contribution in [0.5, 0.6) is 11.5 Å².